The molecule has 1 unspecified atom stereocenters. The zero-order valence-electron chi connectivity index (χ0n) is 6.67. The maximum Gasteiger partial charge on any atom is 0.258 e. The normalized spacial score (nSPS) is 23.2. The Morgan fingerprint density at radius 2 is 2.33 bits per heavy atom. The average Bonchev–Trinajstić information content (AvgIpc) is 2.50. The third-order valence-electron chi connectivity index (χ3n) is 2.05. The Hall–Kier alpha value is -0.930. The van der Waals surface area contributed by atoms with Gasteiger partial charge in [-0.15, -0.1) is 0 Å². The molecule has 4 heteroatoms. The van der Waals surface area contributed by atoms with Crippen LogP contribution in [0.2, 0.25) is 0 Å². The van der Waals surface area contributed by atoms with Crippen LogP contribution in [0.15, 0.2) is 12.7 Å². The summed E-state index contributed by atoms with van der Waals surface area (Å²) in [5, 5.41) is 0. The summed E-state index contributed by atoms with van der Waals surface area (Å²) in [4.78, 5) is 12.2. The summed E-state index contributed by atoms with van der Waals surface area (Å²) in [5.74, 6) is -0.391. The second-order valence-electron chi connectivity index (χ2n) is 2.78. The van der Waals surface area contributed by atoms with E-state index in [-0.39, 0.29) is 0 Å². The van der Waals surface area contributed by atoms with E-state index in [2.05, 4.69) is 6.58 Å². The van der Waals surface area contributed by atoms with Crippen LogP contribution in [0, 0.1) is 0 Å². The smallest absolute Gasteiger partial charge is 0.258 e. The van der Waals surface area contributed by atoms with Gasteiger partial charge in [-0.1, -0.05) is 6.58 Å². The van der Waals surface area contributed by atoms with E-state index >= 15 is 0 Å². The Labute approximate surface area is 69.9 Å². The first kappa shape index (κ1) is 9.16. The second-order valence-corrected chi connectivity index (χ2v) is 2.78. The van der Waals surface area contributed by atoms with E-state index in [0.717, 1.165) is 6.08 Å². The first-order chi connectivity index (χ1) is 5.66. The molecule has 0 spiro atoms. The lowest BCUT2D eigenvalue weighted by Crippen LogP contribution is -2.38. The number of nitrogens with zero attached hydrogens (tertiary/aromatic N) is 1. The van der Waals surface area contributed by atoms with Crippen LogP contribution in [0.3, 0.4) is 0 Å². The van der Waals surface area contributed by atoms with Crippen molar-refractivity contribution in [1.82, 2.24) is 4.90 Å². The Morgan fingerprint density at radius 1 is 1.67 bits per heavy atom. The van der Waals surface area contributed by atoms with Gasteiger partial charge in [0.25, 0.3) is 6.43 Å². The maximum atomic E-state index is 12.3. The number of rotatable bonds is 2. The van der Waals surface area contributed by atoms with E-state index in [4.69, 9.17) is 0 Å². The molecule has 1 heterocycles. The quantitative estimate of drug-likeness (QED) is 0.581. The van der Waals surface area contributed by atoms with Crippen LogP contribution in [-0.2, 0) is 4.79 Å². The van der Waals surface area contributed by atoms with Crippen LogP contribution in [0.5, 0.6) is 0 Å². The number of likely N-dealkylation sites (tertiary alicyclic amines) is 1. The lowest BCUT2D eigenvalue weighted by Gasteiger charge is -2.22. The number of halogens is 2. The van der Waals surface area contributed by atoms with Crippen LogP contribution < -0.4 is 0 Å². The van der Waals surface area contributed by atoms with Crippen molar-refractivity contribution in [1.29, 1.82) is 0 Å². The van der Waals surface area contributed by atoms with Crippen LogP contribution in [-0.4, -0.2) is 29.8 Å². The standard InChI is InChI=1S/C8H11F2NO/c1-2-7(12)11-5-3-4-6(11)8(9)10/h2,6,8H,1,3-5H2. The largest absolute Gasteiger partial charge is 0.330 e. The average molecular weight is 175 g/mol. The molecule has 1 rings (SSSR count). The molecular weight excluding hydrogens is 164 g/mol. The van der Waals surface area contributed by atoms with Crippen LogP contribution >= 0.6 is 0 Å². The monoisotopic (exact) mass is 175 g/mol. The summed E-state index contributed by atoms with van der Waals surface area (Å²) in [6, 6.07) is -0.893. The van der Waals surface area contributed by atoms with E-state index in [0.29, 0.717) is 19.4 Å². The zero-order chi connectivity index (χ0) is 9.14. The highest BCUT2D eigenvalue weighted by molar-refractivity contribution is 5.87. The van der Waals surface area contributed by atoms with Crippen LogP contribution in [0.25, 0.3) is 0 Å². The highest BCUT2D eigenvalue weighted by Crippen LogP contribution is 2.22. The van der Waals surface area contributed by atoms with Crippen LogP contribution in [0.1, 0.15) is 12.8 Å². The van der Waals surface area contributed by atoms with Gasteiger partial charge in [0.1, 0.15) is 0 Å². The van der Waals surface area contributed by atoms with Gasteiger partial charge in [0.05, 0.1) is 6.04 Å². The van der Waals surface area contributed by atoms with E-state index in [1.54, 1.807) is 0 Å². The number of amides is 1. The number of hydrogen-bond donors (Lipinski definition) is 0. The molecule has 0 N–H and O–H groups in total. The van der Waals surface area contributed by atoms with Crippen molar-refractivity contribution < 1.29 is 13.6 Å². The summed E-state index contributed by atoms with van der Waals surface area (Å²) < 4.78 is 24.5. The molecule has 1 fully saturated rings. The molecule has 2 nitrogen and oxygen atoms in total. The third-order valence-corrected chi connectivity index (χ3v) is 2.05. The van der Waals surface area contributed by atoms with E-state index < -0.39 is 18.4 Å². The van der Waals surface area contributed by atoms with Gasteiger partial charge in [-0.2, -0.15) is 0 Å². The molecule has 0 saturated carbocycles. The number of carbonyl (C=O) groups excluding carboxylic acids is 1. The van der Waals surface area contributed by atoms with Gasteiger partial charge in [-0.25, -0.2) is 8.78 Å². The van der Waals surface area contributed by atoms with E-state index in [9.17, 15) is 13.6 Å². The van der Waals surface area contributed by atoms with Crippen molar-refractivity contribution in [3.63, 3.8) is 0 Å². The Morgan fingerprint density at radius 3 is 2.83 bits per heavy atom. The van der Waals surface area contributed by atoms with Crippen molar-refractivity contribution in [2.75, 3.05) is 6.54 Å². The second kappa shape index (κ2) is 3.65. The Kier molecular flexibility index (Phi) is 2.78. The fourth-order valence-corrected chi connectivity index (χ4v) is 1.45. The van der Waals surface area contributed by atoms with Crippen molar-refractivity contribution in [2.24, 2.45) is 0 Å². The molecule has 0 bridgehead atoms. The molecule has 1 aliphatic rings. The van der Waals surface area contributed by atoms with E-state index in [1.165, 1.54) is 4.90 Å². The Balaban J connectivity index is 2.63. The summed E-state index contributed by atoms with van der Waals surface area (Å²) >= 11 is 0. The predicted octanol–water partition coefficient (Wildman–Crippen LogP) is 1.43. The molecule has 0 aromatic rings. The van der Waals surface area contributed by atoms with Gasteiger partial charge >= 0.3 is 0 Å². The highest BCUT2D eigenvalue weighted by Gasteiger charge is 2.33. The molecule has 12 heavy (non-hydrogen) atoms. The number of carbonyl (C=O) groups is 1. The van der Waals surface area contributed by atoms with Gasteiger partial charge in [0.15, 0.2) is 0 Å². The fourth-order valence-electron chi connectivity index (χ4n) is 1.45. The van der Waals surface area contributed by atoms with Crippen molar-refractivity contribution in [3.05, 3.63) is 12.7 Å². The molecule has 1 amide bonds. The molecule has 0 radical (unpaired) electrons. The van der Waals surface area contributed by atoms with Gasteiger partial charge < -0.3 is 4.90 Å². The summed E-state index contributed by atoms with van der Waals surface area (Å²) in [5.41, 5.74) is 0. The number of alkyl halides is 2. The molecule has 1 atom stereocenters. The van der Waals surface area contributed by atoms with E-state index in [1.807, 2.05) is 0 Å². The van der Waals surface area contributed by atoms with Gasteiger partial charge in [0, 0.05) is 6.54 Å². The highest BCUT2D eigenvalue weighted by atomic mass is 19.3. The van der Waals surface area contributed by atoms with Crippen LogP contribution in [0.4, 0.5) is 8.78 Å². The third kappa shape index (κ3) is 1.62. The number of hydrogen-bond acceptors (Lipinski definition) is 1. The topological polar surface area (TPSA) is 20.3 Å². The minimum Gasteiger partial charge on any atom is -0.330 e. The van der Waals surface area contributed by atoms with Crippen molar-refractivity contribution >= 4 is 5.91 Å². The lowest BCUT2D eigenvalue weighted by atomic mass is 10.2. The summed E-state index contributed by atoms with van der Waals surface area (Å²) in [6.45, 7) is 3.69. The van der Waals surface area contributed by atoms with Crippen molar-refractivity contribution in [2.45, 2.75) is 25.3 Å². The SMILES string of the molecule is C=CC(=O)N1CCCC1C(F)F. The van der Waals surface area contributed by atoms with Crippen molar-refractivity contribution in [3.8, 4) is 0 Å². The predicted molar refractivity (Wildman–Crippen MR) is 40.9 cm³/mol. The molecule has 0 aromatic heterocycles. The van der Waals surface area contributed by atoms with Gasteiger partial charge in [-0.05, 0) is 18.9 Å². The fraction of sp³-hybridized carbons (Fsp3) is 0.625. The molecule has 0 aliphatic carbocycles. The zero-order valence-corrected chi connectivity index (χ0v) is 6.67. The summed E-state index contributed by atoms with van der Waals surface area (Å²) in [7, 11) is 0. The lowest BCUT2D eigenvalue weighted by molar-refractivity contribution is -0.129. The molecular formula is C8H11F2NO. The first-order valence-corrected chi connectivity index (χ1v) is 3.88. The van der Waals surface area contributed by atoms with Gasteiger partial charge in [0.2, 0.25) is 5.91 Å². The maximum absolute atomic E-state index is 12.3. The molecule has 1 aliphatic heterocycles. The molecule has 1 saturated heterocycles. The molecule has 68 valence electrons. The Bertz CT molecular complexity index is 193. The summed E-state index contributed by atoms with van der Waals surface area (Å²) in [6.07, 6.45) is -0.289. The van der Waals surface area contributed by atoms with Gasteiger partial charge in [-0.3, -0.25) is 4.79 Å². The first-order valence-electron chi connectivity index (χ1n) is 3.88. The minimum absolute atomic E-state index is 0.391. The minimum atomic E-state index is -2.43. The molecule has 0 aromatic carbocycles.